The van der Waals surface area contributed by atoms with Crippen molar-refractivity contribution in [2.24, 2.45) is 0 Å². The zero-order valence-electron chi connectivity index (χ0n) is 12.7. The molecule has 4 nitrogen and oxygen atoms in total. The third-order valence-corrected chi connectivity index (χ3v) is 3.04. The third-order valence-electron chi connectivity index (χ3n) is 3.04. The van der Waals surface area contributed by atoms with E-state index in [9.17, 15) is 4.79 Å². The van der Waals surface area contributed by atoms with E-state index in [0.29, 0.717) is 16.4 Å². The molecule has 0 atom stereocenters. The molecule has 0 unspecified atom stereocenters. The van der Waals surface area contributed by atoms with Gasteiger partial charge < -0.3 is 13.7 Å². The van der Waals surface area contributed by atoms with Gasteiger partial charge in [-0.15, -0.1) is 0 Å². The van der Waals surface area contributed by atoms with E-state index in [1.165, 1.54) is 7.11 Å². The molecule has 0 fully saturated rings. The lowest BCUT2D eigenvalue weighted by Gasteiger charge is -2.09. The fraction of sp³-hybridized carbons (Fsp3) is 0.118. The summed E-state index contributed by atoms with van der Waals surface area (Å²) in [5, 5.41) is 0.406. The molecule has 22 heavy (non-hydrogen) atoms. The standard InChI is InChI=1S/C17H17BO4/c1-4-9-13-14(5-2)21-16(12-10-7-6-8-11-12)17(15(13)19)22-18-20-3/h4-11,18H,1H2,2-3H3/b13-9+,14-5+. The maximum atomic E-state index is 12.7. The highest BCUT2D eigenvalue weighted by Gasteiger charge is 2.15. The molecule has 0 amide bonds. The Bertz CT molecular complexity index is 822. The van der Waals surface area contributed by atoms with Crippen LogP contribution in [0.15, 0.2) is 52.2 Å². The number of hydrogen-bond acceptors (Lipinski definition) is 4. The molecule has 5 heteroatoms. The minimum absolute atomic E-state index is 0.0344. The first kappa shape index (κ1) is 15.9. The topological polar surface area (TPSA) is 48.7 Å². The predicted molar refractivity (Wildman–Crippen MR) is 89.3 cm³/mol. The molecule has 0 N–H and O–H groups in total. The fourth-order valence-corrected chi connectivity index (χ4v) is 2.07. The van der Waals surface area contributed by atoms with Crippen molar-refractivity contribution in [2.45, 2.75) is 6.92 Å². The summed E-state index contributed by atoms with van der Waals surface area (Å²) in [5.41, 5.74) is 0.989. The van der Waals surface area contributed by atoms with Gasteiger partial charge in [-0.2, -0.15) is 0 Å². The van der Waals surface area contributed by atoms with Crippen LogP contribution in [0, 0.1) is 0 Å². The summed E-state index contributed by atoms with van der Waals surface area (Å²) in [6, 6.07) is 9.34. The van der Waals surface area contributed by atoms with Crippen molar-refractivity contribution in [3.05, 3.63) is 63.8 Å². The average molecular weight is 296 g/mol. The zero-order chi connectivity index (χ0) is 15.9. The van der Waals surface area contributed by atoms with Crippen molar-refractivity contribution in [1.29, 1.82) is 0 Å². The van der Waals surface area contributed by atoms with Crippen LogP contribution in [0.3, 0.4) is 0 Å². The summed E-state index contributed by atoms with van der Waals surface area (Å²) in [5.74, 6) is 0.517. The summed E-state index contributed by atoms with van der Waals surface area (Å²) in [7, 11) is 1.46. The van der Waals surface area contributed by atoms with E-state index in [1.54, 1.807) is 18.2 Å². The van der Waals surface area contributed by atoms with Crippen LogP contribution in [0.5, 0.6) is 5.75 Å². The average Bonchev–Trinajstić information content (AvgIpc) is 2.56. The molecule has 0 bridgehead atoms. The Kier molecular flexibility index (Phi) is 5.39. The lowest BCUT2D eigenvalue weighted by molar-refractivity contribution is 0.358. The second-order valence-electron chi connectivity index (χ2n) is 4.48. The molecule has 0 spiro atoms. The number of allylic oxidation sites excluding steroid dienone is 1. The van der Waals surface area contributed by atoms with Crippen LogP contribution >= 0.6 is 0 Å². The Morgan fingerprint density at radius 1 is 1.27 bits per heavy atom. The van der Waals surface area contributed by atoms with Crippen molar-refractivity contribution in [3.8, 4) is 17.1 Å². The minimum atomic E-state index is -0.254. The van der Waals surface area contributed by atoms with Gasteiger partial charge in [-0.3, -0.25) is 4.79 Å². The van der Waals surface area contributed by atoms with Gasteiger partial charge in [-0.1, -0.05) is 43.0 Å². The van der Waals surface area contributed by atoms with Gasteiger partial charge in [0, 0.05) is 12.7 Å². The SMILES string of the molecule is C=C/C=c1/c(=O)c(OBOC)c(-c2ccccc2)o/c1=C/C. The molecule has 1 aromatic carbocycles. The number of rotatable bonds is 5. The second kappa shape index (κ2) is 7.47. The summed E-state index contributed by atoms with van der Waals surface area (Å²) < 4.78 is 16.3. The number of benzene rings is 1. The Morgan fingerprint density at radius 2 is 2.00 bits per heavy atom. The van der Waals surface area contributed by atoms with Crippen LogP contribution in [-0.2, 0) is 4.65 Å². The molecule has 1 aromatic heterocycles. The highest BCUT2D eigenvalue weighted by molar-refractivity contribution is 6.19. The molecule has 2 rings (SSSR count). The minimum Gasteiger partial charge on any atom is -0.533 e. The quantitative estimate of drug-likeness (QED) is 0.782. The van der Waals surface area contributed by atoms with Crippen LogP contribution in [0.25, 0.3) is 23.5 Å². The van der Waals surface area contributed by atoms with E-state index in [1.807, 2.05) is 37.3 Å². The van der Waals surface area contributed by atoms with E-state index in [2.05, 4.69) is 6.58 Å². The molecular weight excluding hydrogens is 279 g/mol. The molecule has 2 aromatic rings. The highest BCUT2D eigenvalue weighted by atomic mass is 16.6. The molecular formula is C17H17BO4. The Hall–Kier alpha value is -2.53. The monoisotopic (exact) mass is 296 g/mol. The molecule has 0 saturated heterocycles. The van der Waals surface area contributed by atoms with E-state index < -0.39 is 0 Å². The van der Waals surface area contributed by atoms with Crippen molar-refractivity contribution < 1.29 is 13.7 Å². The van der Waals surface area contributed by atoms with Gasteiger partial charge in [0.05, 0.1) is 5.22 Å². The van der Waals surface area contributed by atoms with Gasteiger partial charge in [0.25, 0.3) is 0 Å². The summed E-state index contributed by atoms with van der Waals surface area (Å²) in [6.07, 6.45) is 4.89. The van der Waals surface area contributed by atoms with E-state index >= 15 is 0 Å². The third kappa shape index (κ3) is 3.20. The molecule has 1 heterocycles. The molecule has 0 radical (unpaired) electrons. The normalized spacial score (nSPS) is 12.3. The van der Waals surface area contributed by atoms with Crippen molar-refractivity contribution in [1.82, 2.24) is 0 Å². The predicted octanol–water partition coefficient (Wildman–Crippen LogP) is 1.37. The first-order chi connectivity index (χ1) is 10.7. The van der Waals surface area contributed by atoms with Gasteiger partial charge in [0.2, 0.25) is 5.43 Å². The van der Waals surface area contributed by atoms with Crippen LogP contribution in [0.4, 0.5) is 0 Å². The zero-order valence-corrected chi connectivity index (χ0v) is 12.7. The lowest BCUT2D eigenvalue weighted by atomic mass is 10.1. The fourth-order valence-electron chi connectivity index (χ4n) is 2.07. The van der Waals surface area contributed by atoms with Gasteiger partial charge >= 0.3 is 7.69 Å². The lowest BCUT2D eigenvalue weighted by Crippen LogP contribution is -2.39. The Balaban J connectivity index is 2.83. The first-order valence-corrected chi connectivity index (χ1v) is 6.86. The smallest absolute Gasteiger partial charge is 0.506 e. The van der Waals surface area contributed by atoms with Gasteiger partial charge in [-0.25, -0.2) is 0 Å². The Morgan fingerprint density at radius 3 is 2.59 bits per heavy atom. The van der Waals surface area contributed by atoms with E-state index in [-0.39, 0.29) is 18.9 Å². The molecule has 0 aliphatic heterocycles. The van der Waals surface area contributed by atoms with Gasteiger partial charge in [0.1, 0.15) is 5.42 Å². The Labute approximate surface area is 129 Å². The highest BCUT2D eigenvalue weighted by Crippen LogP contribution is 2.24. The van der Waals surface area contributed by atoms with Crippen molar-refractivity contribution in [3.63, 3.8) is 0 Å². The van der Waals surface area contributed by atoms with Crippen LogP contribution < -0.4 is 20.7 Å². The number of hydrogen-bond donors (Lipinski definition) is 0. The van der Waals surface area contributed by atoms with Crippen LogP contribution in [0.1, 0.15) is 6.92 Å². The summed E-state index contributed by atoms with van der Waals surface area (Å²) >= 11 is 0. The van der Waals surface area contributed by atoms with Crippen molar-refractivity contribution in [2.75, 3.05) is 7.11 Å². The molecule has 112 valence electrons. The summed E-state index contributed by atoms with van der Waals surface area (Å²) in [4.78, 5) is 12.7. The summed E-state index contributed by atoms with van der Waals surface area (Å²) in [6.45, 7) is 5.44. The second-order valence-corrected chi connectivity index (χ2v) is 4.48. The molecule has 0 aliphatic carbocycles. The van der Waals surface area contributed by atoms with E-state index in [0.717, 1.165) is 5.56 Å². The largest absolute Gasteiger partial charge is 0.533 e. The van der Waals surface area contributed by atoms with Crippen LogP contribution in [0.2, 0.25) is 0 Å². The maximum absolute atomic E-state index is 12.7. The van der Waals surface area contributed by atoms with Crippen molar-refractivity contribution >= 4 is 19.8 Å². The molecule has 0 saturated carbocycles. The first-order valence-electron chi connectivity index (χ1n) is 6.86. The van der Waals surface area contributed by atoms with Gasteiger partial charge in [0.15, 0.2) is 11.5 Å². The maximum Gasteiger partial charge on any atom is 0.506 e. The molecule has 0 aliphatic rings. The van der Waals surface area contributed by atoms with E-state index in [4.69, 9.17) is 13.7 Å². The van der Waals surface area contributed by atoms with Crippen LogP contribution in [-0.4, -0.2) is 14.8 Å². The van der Waals surface area contributed by atoms with Gasteiger partial charge in [-0.05, 0) is 19.1 Å².